The molecule has 1 rings (SSSR count). The molecule has 1 atom stereocenters. The fourth-order valence-corrected chi connectivity index (χ4v) is 2.65. The van der Waals surface area contributed by atoms with Crippen LogP contribution in [-0.2, 0) is 19.5 Å². The first-order valence-corrected chi connectivity index (χ1v) is 7.26. The maximum Gasteiger partial charge on any atom is 0.240 e. The lowest BCUT2D eigenvalue weighted by Gasteiger charge is -2.15. The van der Waals surface area contributed by atoms with E-state index in [0.717, 1.165) is 5.56 Å². The second-order valence-corrected chi connectivity index (χ2v) is 5.95. The highest BCUT2D eigenvalue weighted by Crippen LogP contribution is 2.16. The summed E-state index contributed by atoms with van der Waals surface area (Å²) >= 11 is 0. The van der Waals surface area contributed by atoms with E-state index in [2.05, 4.69) is 4.72 Å². The molecule has 0 saturated heterocycles. The molecule has 7 heteroatoms. The number of aryl methyl sites for hydroxylation is 1. The standard InChI is InChI=1S/C12H20N2O4S/c1-9-6-11(4-5-12(9)13)19(15,16)14-7-10(18-3)8-17-2/h4-6,10,14H,7-8,13H2,1-3H3. The minimum absolute atomic E-state index is 0.149. The molecular weight excluding hydrogens is 268 g/mol. The van der Waals surface area contributed by atoms with Crippen LogP contribution in [-0.4, -0.2) is 41.9 Å². The van der Waals surface area contributed by atoms with Gasteiger partial charge in [-0.1, -0.05) is 0 Å². The number of sulfonamides is 1. The zero-order valence-corrected chi connectivity index (χ0v) is 12.2. The van der Waals surface area contributed by atoms with Crippen molar-refractivity contribution in [3.63, 3.8) is 0 Å². The number of rotatable bonds is 7. The number of nitrogens with two attached hydrogens (primary N) is 1. The van der Waals surface area contributed by atoms with Crippen molar-refractivity contribution in [3.05, 3.63) is 23.8 Å². The van der Waals surface area contributed by atoms with Crippen molar-refractivity contribution in [2.75, 3.05) is 33.1 Å². The third-order valence-corrected chi connectivity index (χ3v) is 4.16. The van der Waals surface area contributed by atoms with E-state index in [-0.39, 0.29) is 17.5 Å². The quantitative estimate of drug-likeness (QED) is 0.714. The molecule has 0 spiro atoms. The summed E-state index contributed by atoms with van der Waals surface area (Å²) in [6.45, 7) is 2.23. The molecule has 6 nitrogen and oxygen atoms in total. The van der Waals surface area contributed by atoms with Crippen LogP contribution in [0.5, 0.6) is 0 Å². The van der Waals surface area contributed by atoms with E-state index in [1.54, 1.807) is 13.0 Å². The first-order chi connectivity index (χ1) is 8.90. The number of methoxy groups -OCH3 is 2. The molecular formula is C12H20N2O4S. The van der Waals surface area contributed by atoms with Gasteiger partial charge in [-0.3, -0.25) is 0 Å². The van der Waals surface area contributed by atoms with Gasteiger partial charge in [0.2, 0.25) is 10.0 Å². The average Bonchev–Trinajstić information content (AvgIpc) is 2.37. The topological polar surface area (TPSA) is 90.7 Å². The van der Waals surface area contributed by atoms with Gasteiger partial charge in [0, 0.05) is 26.5 Å². The lowest BCUT2D eigenvalue weighted by Crippen LogP contribution is -2.35. The van der Waals surface area contributed by atoms with Crippen LogP contribution in [0.15, 0.2) is 23.1 Å². The Hall–Kier alpha value is -1.15. The van der Waals surface area contributed by atoms with Crippen LogP contribution in [0.2, 0.25) is 0 Å². The second kappa shape index (κ2) is 6.85. The molecule has 0 radical (unpaired) electrons. The Labute approximate surface area is 113 Å². The summed E-state index contributed by atoms with van der Waals surface area (Å²) in [6, 6.07) is 4.59. The molecule has 0 aliphatic carbocycles. The Kier molecular flexibility index (Phi) is 5.74. The lowest BCUT2D eigenvalue weighted by atomic mass is 10.2. The van der Waals surface area contributed by atoms with Crippen LogP contribution in [0.1, 0.15) is 5.56 Å². The number of hydrogen-bond donors (Lipinski definition) is 2. The number of anilines is 1. The molecule has 0 saturated carbocycles. The van der Waals surface area contributed by atoms with Gasteiger partial charge < -0.3 is 15.2 Å². The molecule has 0 aliphatic heterocycles. The van der Waals surface area contributed by atoms with Crippen LogP contribution in [0, 0.1) is 6.92 Å². The van der Waals surface area contributed by atoms with Gasteiger partial charge >= 0.3 is 0 Å². The van der Waals surface area contributed by atoms with Crippen molar-refractivity contribution >= 4 is 15.7 Å². The molecule has 0 aliphatic rings. The van der Waals surface area contributed by atoms with Gasteiger partial charge in [0.25, 0.3) is 0 Å². The highest BCUT2D eigenvalue weighted by atomic mass is 32.2. The van der Waals surface area contributed by atoms with E-state index in [4.69, 9.17) is 15.2 Å². The smallest absolute Gasteiger partial charge is 0.240 e. The highest BCUT2D eigenvalue weighted by molar-refractivity contribution is 7.89. The number of benzene rings is 1. The van der Waals surface area contributed by atoms with Crippen molar-refractivity contribution in [1.29, 1.82) is 0 Å². The maximum atomic E-state index is 12.1. The summed E-state index contributed by atoms with van der Waals surface area (Å²) in [5, 5.41) is 0. The summed E-state index contributed by atoms with van der Waals surface area (Å²) < 4.78 is 36.6. The summed E-state index contributed by atoms with van der Waals surface area (Å²) in [5.74, 6) is 0. The van der Waals surface area contributed by atoms with E-state index in [1.165, 1.54) is 26.4 Å². The predicted molar refractivity (Wildman–Crippen MR) is 73.5 cm³/mol. The van der Waals surface area contributed by atoms with Crippen LogP contribution in [0.25, 0.3) is 0 Å². The fourth-order valence-electron chi connectivity index (χ4n) is 1.50. The zero-order valence-electron chi connectivity index (χ0n) is 11.3. The van der Waals surface area contributed by atoms with Gasteiger partial charge in [-0.05, 0) is 30.7 Å². The third-order valence-electron chi connectivity index (χ3n) is 2.74. The Morgan fingerprint density at radius 1 is 1.37 bits per heavy atom. The molecule has 0 fully saturated rings. The van der Waals surface area contributed by atoms with Crippen molar-refractivity contribution in [1.82, 2.24) is 4.72 Å². The molecule has 0 amide bonds. The molecule has 1 aromatic rings. The minimum atomic E-state index is -3.56. The van der Waals surface area contributed by atoms with Gasteiger partial charge in [-0.25, -0.2) is 13.1 Å². The summed E-state index contributed by atoms with van der Waals surface area (Å²) in [4.78, 5) is 0.187. The first-order valence-electron chi connectivity index (χ1n) is 5.78. The van der Waals surface area contributed by atoms with Crippen molar-refractivity contribution in [3.8, 4) is 0 Å². The van der Waals surface area contributed by atoms with Gasteiger partial charge in [0.15, 0.2) is 0 Å². The van der Waals surface area contributed by atoms with Gasteiger partial charge in [0.1, 0.15) is 0 Å². The largest absolute Gasteiger partial charge is 0.399 e. The molecule has 0 aromatic heterocycles. The number of hydrogen-bond acceptors (Lipinski definition) is 5. The average molecular weight is 288 g/mol. The van der Waals surface area contributed by atoms with E-state index in [1.807, 2.05) is 0 Å². The van der Waals surface area contributed by atoms with Gasteiger partial charge in [0.05, 0.1) is 17.6 Å². The summed E-state index contributed by atoms with van der Waals surface area (Å²) in [7, 11) is -0.527. The molecule has 108 valence electrons. The maximum absolute atomic E-state index is 12.1. The van der Waals surface area contributed by atoms with E-state index >= 15 is 0 Å². The molecule has 0 heterocycles. The van der Waals surface area contributed by atoms with Gasteiger partial charge in [-0.15, -0.1) is 0 Å². The summed E-state index contributed by atoms with van der Waals surface area (Å²) in [6.07, 6.45) is -0.324. The normalized spacial score (nSPS) is 13.4. The lowest BCUT2D eigenvalue weighted by molar-refractivity contribution is 0.0320. The number of nitrogens with one attached hydrogen (secondary N) is 1. The summed E-state index contributed by atoms with van der Waals surface area (Å²) in [5.41, 5.74) is 6.95. The first kappa shape index (κ1) is 15.9. The van der Waals surface area contributed by atoms with Crippen LogP contribution in [0.4, 0.5) is 5.69 Å². The third kappa shape index (κ3) is 4.46. The van der Waals surface area contributed by atoms with Crippen LogP contribution in [0.3, 0.4) is 0 Å². The monoisotopic (exact) mass is 288 g/mol. The Bertz CT molecular complexity index is 516. The van der Waals surface area contributed by atoms with Crippen molar-refractivity contribution < 1.29 is 17.9 Å². The van der Waals surface area contributed by atoms with Crippen molar-refractivity contribution in [2.45, 2.75) is 17.9 Å². The number of ether oxygens (including phenoxy) is 2. The molecule has 1 aromatic carbocycles. The SMILES string of the molecule is COCC(CNS(=O)(=O)c1ccc(N)c(C)c1)OC. The predicted octanol–water partition coefficient (Wildman–Crippen LogP) is 0.517. The van der Waals surface area contributed by atoms with E-state index in [9.17, 15) is 8.42 Å². The Morgan fingerprint density at radius 2 is 2.05 bits per heavy atom. The van der Waals surface area contributed by atoms with Gasteiger partial charge in [-0.2, -0.15) is 0 Å². The van der Waals surface area contributed by atoms with Crippen molar-refractivity contribution in [2.24, 2.45) is 0 Å². The molecule has 19 heavy (non-hydrogen) atoms. The van der Waals surface area contributed by atoms with E-state index in [0.29, 0.717) is 12.3 Å². The Morgan fingerprint density at radius 3 is 2.58 bits per heavy atom. The Balaban J connectivity index is 2.78. The van der Waals surface area contributed by atoms with Crippen LogP contribution < -0.4 is 10.5 Å². The highest BCUT2D eigenvalue weighted by Gasteiger charge is 2.17. The molecule has 3 N–H and O–H groups in total. The van der Waals surface area contributed by atoms with Crippen LogP contribution >= 0.6 is 0 Å². The molecule has 1 unspecified atom stereocenters. The number of nitrogen functional groups attached to an aromatic ring is 1. The fraction of sp³-hybridized carbons (Fsp3) is 0.500. The second-order valence-electron chi connectivity index (χ2n) is 4.18. The molecule has 0 bridgehead atoms. The van der Waals surface area contributed by atoms with E-state index < -0.39 is 10.0 Å². The minimum Gasteiger partial charge on any atom is -0.399 e. The zero-order chi connectivity index (χ0) is 14.5.